The fourth-order valence-corrected chi connectivity index (χ4v) is 3.82. The number of carbonyl (C=O) groups is 1. The molecule has 2 atom stereocenters. The predicted octanol–water partition coefficient (Wildman–Crippen LogP) is 5.07. The topological polar surface area (TPSA) is 29.1 Å². The summed E-state index contributed by atoms with van der Waals surface area (Å²) in [7, 11) is 0. The fourth-order valence-electron chi connectivity index (χ4n) is 3.82. The minimum Gasteiger partial charge on any atom is -0.353 e. The van der Waals surface area contributed by atoms with E-state index in [1.54, 1.807) is 0 Å². The van der Waals surface area contributed by atoms with Gasteiger partial charge in [0.05, 0.1) is 0 Å². The molecule has 1 N–H and O–H groups in total. The Balaban J connectivity index is 2.15. The van der Waals surface area contributed by atoms with E-state index in [0.29, 0.717) is 11.5 Å². The Morgan fingerprint density at radius 1 is 1.10 bits per heavy atom. The first-order valence-electron chi connectivity index (χ1n) is 8.72. The highest BCUT2D eigenvalue weighted by Crippen LogP contribution is 2.38. The molecule has 2 heteroatoms. The average molecular weight is 281 g/mol. The second-order valence-electron chi connectivity index (χ2n) is 7.70. The molecule has 1 rings (SSSR count). The number of hydrogen-bond donors (Lipinski definition) is 1. The summed E-state index contributed by atoms with van der Waals surface area (Å²) >= 11 is 0. The highest BCUT2D eigenvalue weighted by molar-refractivity contribution is 5.76. The van der Waals surface area contributed by atoms with Crippen molar-refractivity contribution in [3.05, 3.63) is 0 Å². The van der Waals surface area contributed by atoms with Crippen LogP contribution in [0.3, 0.4) is 0 Å². The summed E-state index contributed by atoms with van der Waals surface area (Å²) < 4.78 is 0. The van der Waals surface area contributed by atoms with E-state index in [-0.39, 0.29) is 5.91 Å². The van der Waals surface area contributed by atoms with E-state index in [4.69, 9.17) is 0 Å². The van der Waals surface area contributed by atoms with E-state index in [9.17, 15) is 4.79 Å². The predicted molar refractivity (Wildman–Crippen MR) is 86.7 cm³/mol. The van der Waals surface area contributed by atoms with Crippen molar-refractivity contribution in [2.45, 2.75) is 97.9 Å². The molecule has 0 spiro atoms. The molecule has 20 heavy (non-hydrogen) atoms. The Hall–Kier alpha value is -0.530. The van der Waals surface area contributed by atoms with Crippen molar-refractivity contribution in [2.75, 3.05) is 0 Å². The van der Waals surface area contributed by atoms with Crippen molar-refractivity contribution >= 4 is 5.91 Å². The van der Waals surface area contributed by atoms with Crippen LogP contribution in [0.15, 0.2) is 0 Å². The molecule has 0 bridgehead atoms. The Bertz CT molecular complexity index is 285. The molecule has 1 aliphatic rings. The highest BCUT2D eigenvalue weighted by Gasteiger charge is 2.32. The first-order chi connectivity index (χ1) is 9.43. The fraction of sp³-hybridized carbons (Fsp3) is 0.944. The lowest BCUT2D eigenvalue weighted by Crippen LogP contribution is -2.42. The molecule has 1 aliphatic carbocycles. The average Bonchev–Trinajstić information content (AvgIpc) is 2.30. The van der Waals surface area contributed by atoms with Gasteiger partial charge in [0.2, 0.25) is 5.91 Å². The third kappa shape index (κ3) is 7.31. The van der Waals surface area contributed by atoms with Gasteiger partial charge in [-0.05, 0) is 37.0 Å². The SMILES string of the molecule is CCCCCCCCC(=O)N[C@H]1C[C@H](C)CC(C)(C)C1. The Labute approximate surface area is 126 Å². The number of amides is 1. The maximum Gasteiger partial charge on any atom is 0.220 e. The van der Waals surface area contributed by atoms with Crippen LogP contribution in [0.5, 0.6) is 0 Å². The zero-order valence-electron chi connectivity index (χ0n) is 14.1. The van der Waals surface area contributed by atoms with E-state index in [1.807, 2.05) is 0 Å². The molecule has 0 radical (unpaired) electrons. The smallest absolute Gasteiger partial charge is 0.220 e. The van der Waals surface area contributed by atoms with Gasteiger partial charge in [-0.15, -0.1) is 0 Å². The van der Waals surface area contributed by atoms with Gasteiger partial charge in [0, 0.05) is 12.5 Å². The molecule has 2 nitrogen and oxygen atoms in total. The van der Waals surface area contributed by atoms with Crippen molar-refractivity contribution in [1.29, 1.82) is 0 Å². The minimum absolute atomic E-state index is 0.274. The molecule has 0 heterocycles. The van der Waals surface area contributed by atoms with Crippen LogP contribution in [0.4, 0.5) is 0 Å². The summed E-state index contributed by atoms with van der Waals surface area (Å²) in [6.07, 6.45) is 11.8. The second-order valence-corrected chi connectivity index (χ2v) is 7.70. The standard InChI is InChI=1S/C18H35NO/c1-5-6-7-8-9-10-11-17(20)19-16-12-15(2)13-18(3,4)14-16/h15-16H,5-14H2,1-4H3,(H,19,20)/t15-,16-/m0/s1. The van der Waals surface area contributed by atoms with Gasteiger partial charge in [-0.2, -0.15) is 0 Å². The molecule has 1 fully saturated rings. The van der Waals surface area contributed by atoms with Gasteiger partial charge >= 0.3 is 0 Å². The van der Waals surface area contributed by atoms with E-state index in [0.717, 1.165) is 31.6 Å². The Morgan fingerprint density at radius 2 is 1.75 bits per heavy atom. The largest absolute Gasteiger partial charge is 0.353 e. The van der Waals surface area contributed by atoms with E-state index in [2.05, 4.69) is 33.0 Å². The molecule has 1 saturated carbocycles. The maximum absolute atomic E-state index is 12.0. The summed E-state index contributed by atoms with van der Waals surface area (Å²) in [5, 5.41) is 3.27. The van der Waals surface area contributed by atoms with Crippen molar-refractivity contribution in [3.63, 3.8) is 0 Å². The minimum atomic E-state index is 0.274. The summed E-state index contributed by atoms with van der Waals surface area (Å²) in [6, 6.07) is 0.404. The van der Waals surface area contributed by atoms with Crippen LogP contribution in [0.25, 0.3) is 0 Å². The summed E-state index contributed by atoms with van der Waals surface area (Å²) in [5.74, 6) is 1.01. The van der Waals surface area contributed by atoms with Crippen LogP contribution < -0.4 is 5.32 Å². The molecule has 1 amide bonds. The maximum atomic E-state index is 12.0. The Morgan fingerprint density at radius 3 is 2.40 bits per heavy atom. The number of unbranched alkanes of at least 4 members (excludes halogenated alkanes) is 5. The number of carbonyl (C=O) groups excluding carboxylic acids is 1. The van der Waals surface area contributed by atoms with Gasteiger partial charge in [-0.1, -0.05) is 59.8 Å². The number of hydrogen-bond acceptors (Lipinski definition) is 1. The molecule has 0 aromatic rings. The van der Waals surface area contributed by atoms with Crippen molar-refractivity contribution in [2.24, 2.45) is 11.3 Å². The third-order valence-electron chi connectivity index (χ3n) is 4.51. The van der Waals surface area contributed by atoms with Crippen LogP contribution in [0.1, 0.15) is 91.9 Å². The van der Waals surface area contributed by atoms with Crippen molar-refractivity contribution < 1.29 is 4.79 Å². The number of nitrogens with one attached hydrogen (secondary N) is 1. The highest BCUT2D eigenvalue weighted by atomic mass is 16.1. The van der Waals surface area contributed by atoms with Gasteiger partial charge < -0.3 is 5.32 Å². The zero-order chi connectivity index (χ0) is 15.0. The summed E-state index contributed by atoms with van der Waals surface area (Å²) in [4.78, 5) is 12.0. The molecular formula is C18H35NO. The molecular weight excluding hydrogens is 246 g/mol. The molecule has 0 aliphatic heterocycles. The van der Waals surface area contributed by atoms with E-state index in [1.165, 1.54) is 38.5 Å². The normalized spacial score (nSPS) is 25.4. The molecule has 0 saturated heterocycles. The van der Waals surface area contributed by atoms with E-state index < -0.39 is 0 Å². The number of rotatable bonds is 8. The first-order valence-corrected chi connectivity index (χ1v) is 8.72. The lowest BCUT2D eigenvalue weighted by Gasteiger charge is -2.39. The molecule has 118 valence electrons. The first kappa shape index (κ1) is 17.5. The van der Waals surface area contributed by atoms with Gasteiger partial charge in [-0.3, -0.25) is 4.79 Å². The Kier molecular flexibility index (Phi) is 7.61. The zero-order valence-corrected chi connectivity index (χ0v) is 14.1. The second kappa shape index (κ2) is 8.69. The van der Waals surface area contributed by atoms with Gasteiger partial charge in [-0.25, -0.2) is 0 Å². The van der Waals surface area contributed by atoms with Crippen molar-refractivity contribution in [1.82, 2.24) is 5.32 Å². The van der Waals surface area contributed by atoms with Crippen LogP contribution in [0.2, 0.25) is 0 Å². The van der Waals surface area contributed by atoms with Crippen LogP contribution in [-0.4, -0.2) is 11.9 Å². The lowest BCUT2D eigenvalue weighted by atomic mass is 9.70. The van der Waals surface area contributed by atoms with Crippen LogP contribution >= 0.6 is 0 Å². The molecule has 0 unspecified atom stereocenters. The third-order valence-corrected chi connectivity index (χ3v) is 4.51. The summed E-state index contributed by atoms with van der Waals surface area (Å²) in [6.45, 7) is 9.21. The quantitative estimate of drug-likeness (QED) is 0.618. The van der Waals surface area contributed by atoms with Crippen LogP contribution in [-0.2, 0) is 4.79 Å². The summed E-state index contributed by atoms with van der Waals surface area (Å²) in [5.41, 5.74) is 0.385. The van der Waals surface area contributed by atoms with Crippen LogP contribution in [0, 0.1) is 11.3 Å². The van der Waals surface area contributed by atoms with Gasteiger partial charge in [0.1, 0.15) is 0 Å². The van der Waals surface area contributed by atoms with Gasteiger partial charge in [0.25, 0.3) is 0 Å². The molecule has 0 aromatic carbocycles. The van der Waals surface area contributed by atoms with Gasteiger partial charge in [0.15, 0.2) is 0 Å². The molecule has 0 aromatic heterocycles. The van der Waals surface area contributed by atoms with E-state index >= 15 is 0 Å². The lowest BCUT2D eigenvalue weighted by molar-refractivity contribution is -0.122. The van der Waals surface area contributed by atoms with Crippen molar-refractivity contribution in [3.8, 4) is 0 Å². The monoisotopic (exact) mass is 281 g/mol.